The van der Waals surface area contributed by atoms with Crippen LogP contribution in [-0.2, 0) is 14.3 Å². The molecule has 2 atom stereocenters. The second-order valence-electron chi connectivity index (χ2n) is 5.11. The molecule has 1 amide bonds. The molecule has 1 aromatic rings. The lowest BCUT2D eigenvalue weighted by Gasteiger charge is -2.36. The molecule has 5 heteroatoms. The molecule has 1 N–H and O–H groups in total. The predicted molar refractivity (Wildman–Crippen MR) is 75.8 cm³/mol. The summed E-state index contributed by atoms with van der Waals surface area (Å²) >= 11 is 0. The second kappa shape index (κ2) is 5.91. The van der Waals surface area contributed by atoms with E-state index in [1.807, 2.05) is 30.1 Å². The molecular formula is C15H20N2O3. The van der Waals surface area contributed by atoms with Crippen molar-refractivity contribution >= 4 is 11.6 Å². The fourth-order valence-corrected chi connectivity index (χ4v) is 2.90. The zero-order valence-electron chi connectivity index (χ0n) is 11.7. The van der Waals surface area contributed by atoms with Crippen LogP contribution in [0.15, 0.2) is 24.3 Å². The highest BCUT2D eigenvalue weighted by atomic mass is 16.6. The Hall–Kier alpha value is -1.43. The minimum atomic E-state index is -0.469. The van der Waals surface area contributed by atoms with E-state index in [-0.39, 0.29) is 5.91 Å². The van der Waals surface area contributed by atoms with Crippen LogP contribution in [0.1, 0.15) is 18.0 Å². The molecule has 0 aromatic heterocycles. The maximum Gasteiger partial charge on any atom is 0.258 e. The lowest BCUT2D eigenvalue weighted by atomic mass is 9.96. The lowest BCUT2D eigenvalue weighted by molar-refractivity contribution is -0.144. The average Bonchev–Trinajstić information content (AvgIpc) is 2.54. The van der Waals surface area contributed by atoms with Crippen molar-refractivity contribution in [1.82, 2.24) is 5.32 Å². The maximum absolute atomic E-state index is 12.6. The smallest absolute Gasteiger partial charge is 0.258 e. The molecule has 0 spiro atoms. The molecule has 2 aliphatic rings. The van der Waals surface area contributed by atoms with E-state index in [1.54, 1.807) is 0 Å². The molecule has 1 aromatic carbocycles. The number of fused-ring (bicyclic) bond motifs is 1. The minimum Gasteiger partial charge on any atom is -0.376 e. The Morgan fingerprint density at radius 2 is 2.20 bits per heavy atom. The van der Waals surface area contributed by atoms with Gasteiger partial charge < -0.3 is 19.7 Å². The number of carbonyl (C=O) groups is 1. The standard InChI is InChI=1S/C15H20N2O3/c1-16-12-6-7-17(13-5-3-2-4-11(12)13)15(18)14-10-19-8-9-20-14/h2-5,12,14,16H,6-10H2,1H3. The Morgan fingerprint density at radius 1 is 1.35 bits per heavy atom. The van der Waals surface area contributed by atoms with E-state index in [0.29, 0.717) is 32.4 Å². The first kappa shape index (κ1) is 13.5. The molecule has 0 radical (unpaired) electrons. The number of hydrogen-bond acceptors (Lipinski definition) is 4. The topological polar surface area (TPSA) is 50.8 Å². The number of para-hydroxylation sites is 1. The second-order valence-corrected chi connectivity index (χ2v) is 5.11. The predicted octanol–water partition coefficient (Wildman–Crippen LogP) is 1.10. The fraction of sp³-hybridized carbons (Fsp3) is 0.533. The Morgan fingerprint density at radius 3 is 2.95 bits per heavy atom. The monoisotopic (exact) mass is 276 g/mol. The van der Waals surface area contributed by atoms with E-state index in [4.69, 9.17) is 9.47 Å². The van der Waals surface area contributed by atoms with Gasteiger partial charge in [0.15, 0.2) is 6.10 Å². The van der Waals surface area contributed by atoms with Crippen LogP contribution in [-0.4, -0.2) is 45.4 Å². The van der Waals surface area contributed by atoms with Gasteiger partial charge in [-0.15, -0.1) is 0 Å². The summed E-state index contributed by atoms with van der Waals surface area (Å²) in [6.07, 6.45) is 0.440. The first-order chi connectivity index (χ1) is 9.81. The van der Waals surface area contributed by atoms with Crippen molar-refractivity contribution in [1.29, 1.82) is 0 Å². The van der Waals surface area contributed by atoms with Crippen molar-refractivity contribution in [3.8, 4) is 0 Å². The Balaban J connectivity index is 1.85. The first-order valence-electron chi connectivity index (χ1n) is 7.08. The van der Waals surface area contributed by atoms with Crippen molar-refractivity contribution in [2.75, 3.05) is 38.3 Å². The first-order valence-corrected chi connectivity index (χ1v) is 7.08. The number of anilines is 1. The van der Waals surface area contributed by atoms with Crippen LogP contribution in [0, 0.1) is 0 Å². The Bertz CT molecular complexity index is 486. The minimum absolute atomic E-state index is 0.00621. The summed E-state index contributed by atoms with van der Waals surface area (Å²) in [6, 6.07) is 8.36. The largest absolute Gasteiger partial charge is 0.376 e. The zero-order chi connectivity index (χ0) is 13.9. The number of carbonyl (C=O) groups excluding carboxylic acids is 1. The summed E-state index contributed by atoms with van der Waals surface area (Å²) in [5.74, 6) is 0.00621. The number of nitrogens with zero attached hydrogens (tertiary/aromatic N) is 1. The third kappa shape index (κ3) is 2.44. The Labute approximate surface area is 118 Å². The number of benzene rings is 1. The third-order valence-electron chi connectivity index (χ3n) is 3.95. The van der Waals surface area contributed by atoms with Crippen LogP contribution in [0.25, 0.3) is 0 Å². The van der Waals surface area contributed by atoms with Gasteiger partial charge in [-0.2, -0.15) is 0 Å². The number of hydrogen-bond donors (Lipinski definition) is 1. The molecule has 2 unspecified atom stereocenters. The average molecular weight is 276 g/mol. The molecule has 2 heterocycles. The lowest BCUT2D eigenvalue weighted by Crippen LogP contribution is -2.48. The molecule has 2 aliphatic heterocycles. The summed E-state index contributed by atoms with van der Waals surface area (Å²) in [5.41, 5.74) is 2.16. The summed E-state index contributed by atoms with van der Waals surface area (Å²) < 4.78 is 10.9. The highest BCUT2D eigenvalue weighted by Gasteiger charge is 2.33. The molecular weight excluding hydrogens is 256 g/mol. The molecule has 3 rings (SSSR count). The summed E-state index contributed by atoms with van der Waals surface area (Å²) in [6.45, 7) is 2.13. The quantitative estimate of drug-likeness (QED) is 0.879. The number of amides is 1. The SMILES string of the molecule is CNC1CCN(C(=O)C2COCCO2)c2ccccc21. The molecule has 0 saturated carbocycles. The van der Waals surface area contributed by atoms with E-state index in [2.05, 4.69) is 11.4 Å². The molecule has 0 aliphatic carbocycles. The zero-order valence-corrected chi connectivity index (χ0v) is 11.7. The van der Waals surface area contributed by atoms with Crippen molar-refractivity contribution in [2.45, 2.75) is 18.6 Å². The van der Waals surface area contributed by atoms with Crippen LogP contribution in [0.2, 0.25) is 0 Å². The molecule has 5 nitrogen and oxygen atoms in total. The van der Waals surface area contributed by atoms with Crippen molar-refractivity contribution < 1.29 is 14.3 Å². The molecule has 20 heavy (non-hydrogen) atoms. The van der Waals surface area contributed by atoms with Crippen LogP contribution in [0.4, 0.5) is 5.69 Å². The van der Waals surface area contributed by atoms with Gasteiger partial charge in [0.25, 0.3) is 5.91 Å². The fourth-order valence-electron chi connectivity index (χ4n) is 2.90. The summed E-state index contributed by atoms with van der Waals surface area (Å²) in [5, 5.41) is 3.31. The molecule has 108 valence electrons. The van der Waals surface area contributed by atoms with Crippen LogP contribution in [0.3, 0.4) is 0 Å². The van der Waals surface area contributed by atoms with Gasteiger partial charge in [-0.25, -0.2) is 0 Å². The van der Waals surface area contributed by atoms with Gasteiger partial charge in [0, 0.05) is 18.3 Å². The van der Waals surface area contributed by atoms with Gasteiger partial charge >= 0.3 is 0 Å². The van der Waals surface area contributed by atoms with E-state index in [9.17, 15) is 4.79 Å². The highest BCUT2D eigenvalue weighted by molar-refractivity contribution is 5.98. The van der Waals surface area contributed by atoms with Crippen LogP contribution in [0.5, 0.6) is 0 Å². The highest BCUT2D eigenvalue weighted by Crippen LogP contribution is 2.33. The van der Waals surface area contributed by atoms with Gasteiger partial charge in [0.2, 0.25) is 0 Å². The summed E-state index contributed by atoms with van der Waals surface area (Å²) in [4.78, 5) is 14.4. The van der Waals surface area contributed by atoms with E-state index in [1.165, 1.54) is 5.56 Å². The van der Waals surface area contributed by atoms with Gasteiger partial charge in [0.1, 0.15) is 0 Å². The van der Waals surface area contributed by atoms with E-state index >= 15 is 0 Å². The van der Waals surface area contributed by atoms with Gasteiger partial charge in [-0.3, -0.25) is 4.79 Å². The van der Waals surface area contributed by atoms with Gasteiger partial charge in [0.05, 0.1) is 19.8 Å². The summed E-state index contributed by atoms with van der Waals surface area (Å²) in [7, 11) is 1.96. The van der Waals surface area contributed by atoms with Gasteiger partial charge in [-0.1, -0.05) is 18.2 Å². The van der Waals surface area contributed by atoms with Gasteiger partial charge in [-0.05, 0) is 25.1 Å². The van der Waals surface area contributed by atoms with Crippen molar-refractivity contribution in [2.24, 2.45) is 0 Å². The van der Waals surface area contributed by atoms with Crippen molar-refractivity contribution in [3.05, 3.63) is 29.8 Å². The van der Waals surface area contributed by atoms with Crippen molar-refractivity contribution in [3.63, 3.8) is 0 Å². The number of nitrogens with one attached hydrogen (secondary N) is 1. The van der Waals surface area contributed by atoms with Crippen LogP contribution < -0.4 is 10.2 Å². The molecule has 1 fully saturated rings. The maximum atomic E-state index is 12.6. The number of ether oxygens (including phenoxy) is 2. The third-order valence-corrected chi connectivity index (χ3v) is 3.95. The van der Waals surface area contributed by atoms with E-state index in [0.717, 1.165) is 12.1 Å². The Kier molecular flexibility index (Phi) is 4.00. The van der Waals surface area contributed by atoms with Crippen LogP contribution >= 0.6 is 0 Å². The molecule has 0 bridgehead atoms. The van der Waals surface area contributed by atoms with E-state index < -0.39 is 6.10 Å². The normalized spacial score (nSPS) is 26.1. The number of rotatable bonds is 2. The molecule has 1 saturated heterocycles.